The Labute approximate surface area is 193 Å². The molecule has 2 amide bonds. The predicted molar refractivity (Wildman–Crippen MR) is 127 cm³/mol. The van der Waals surface area contributed by atoms with Crippen LogP contribution in [0.15, 0.2) is 67.0 Å². The van der Waals surface area contributed by atoms with Gasteiger partial charge in [0, 0.05) is 40.9 Å². The van der Waals surface area contributed by atoms with E-state index in [9.17, 15) is 9.59 Å². The van der Waals surface area contributed by atoms with Crippen LogP contribution in [0.4, 0.5) is 11.4 Å². The van der Waals surface area contributed by atoms with Gasteiger partial charge in [0.15, 0.2) is 0 Å². The van der Waals surface area contributed by atoms with E-state index in [-0.39, 0.29) is 42.7 Å². The minimum Gasteiger partial charge on any atom is -0.497 e. The van der Waals surface area contributed by atoms with Crippen LogP contribution in [-0.4, -0.2) is 23.9 Å². The lowest BCUT2D eigenvalue weighted by Crippen LogP contribution is -2.18. The van der Waals surface area contributed by atoms with Crippen molar-refractivity contribution in [3.63, 3.8) is 0 Å². The second-order valence-corrected chi connectivity index (χ2v) is 6.46. The summed E-state index contributed by atoms with van der Waals surface area (Å²) < 4.78 is 5.11. The van der Waals surface area contributed by atoms with E-state index in [0.717, 1.165) is 5.56 Å². The van der Waals surface area contributed by atoms with Crippen molar-refractivity contribution >= 4 is 48.0 Å². The van der Waals surface area contributed by atoms with Gasteiger partial charge < -0.3 is 21.1 Å². The number of hydrogen-bond donors (Lipinski definition) is 3. The Morgan fingerprint density at radius 1 is 0.903 bits per heavy atom. The van der Waals surface area contributed by atoms with E-state index in [2.05, 4.69) is 15.6 Å². The molecule has 1 heterocycles. The van der Waals surface area contributed by atoms with E-state index < -0.39 is 0 Å². The molecule has 3 aromatic rings. The number of nitrogens with one attached hydrogen (secondary N) is 2. The van der Waals surface area contributed by atoms with Gasteiger partial charge in [0.2, 0.25) is 0 Å². The summed E-state index contributed by atoms with van der Waals surface area (Å²) in [4.78, 5) is 29.2. The van der Waals surface area contributed by atoms with Gasteiger partial charge in [-0.15, -0.1) is 24.8 Å². The number of aromatic nitrogens is 1. The van der Waals surface area contributed by atoms with Crippen molar-refractivity contribution in [3.05, 3.63) is 83.7 Å². The molecular formula is C22H24Cl2N4O3. The molecule has 0 aliphatic rings. The Bertz CT molecular complexity index is 1010. The topological polar surface area (TPSA) is 106 Å². The predicted octanol–water partition coefficient (Wildman–Crippen LogP) is 4.46. The highest BCUT2D eigenvalue weighted by Gasteiger charge is 2.15. The molecule has 1 unspecified atom stereocenters. The lowest BCUT2D eigenvalue weighted by Gasteiger charge is -2.16. The standard InChI is InChI=1S/C22H22N4O3.2ClH/c1-14(23)19-8-5-16(22(28)25-17-9-11-24-12-10-17)13-20(19)26-21(27)15-3-6-18(29-2)7-4-15;;/h3-14H,23H2,1-2H3,(H,26,27)(H,24,25,28);2*1H. The maximum absolute atomic E-state index is 12.7. The number of benzene rings is 2. The average Bonchev–Trinajstić information content (AvgIpc) is 2.74. The van der Waals surface area contributed by atoms with Gasteiger partial charge in [-0.3, -0.25) is 14.6 Å². The Morgan fingerprint density at radius 3 is 2.06 bits per heavy atom. The number of pyridine rings is 1. The fourth-order valence-electron chi connectivity index (χ4n) is 2.78. The van der Waals surface area contributed by atoms with Gasteiger partial charge in [0.05, 0.1) is 7.11 Å². The molecule has 4 N–H and O–H groups in total. The lowest BCUT2D eigenvalue weighted by atomic mass is 10.0. The fourth-order valence-corrected chi connectivity index (χ4v) is 2.78. The van der Waals surface area contributed by atoms with Crippen molar-refractivity contribution in [3.8, 4) is 5.75 Å². The molecule has 2 aromatic carbocycles. The number of carbonyl (C=O) groups is 2. The van der Waals surface area contributed by atoms with Crippen molar-refractivity contribution in [2.24, 2.45) is 5.73 Å². The molecular weight excluding hydrogens is 439 g/mol. The number of halogens is 2. The third kappa shape index (κ3) is 6.68. The van der Waals surface area contributed by atoms with Gasteiger partial charge >= 0.3 is 0 Å². The first-order valence-corrected chi connectivity index (χ1v) is 9.04. The second kappa shape index (κ2) is 11.9. The molecule has 0 saturated heterocycles. The maximum atomic E-state index is 12.7. The third-order valence-corrected chi connectivity index (χ3v) is 4.34. The molecule has 0 spiro atoms. The lowest BCUT2D eigenvalue weighted by molar-refractivity contribution is 0.101. The minimum atomic E-state index is -0.321. The van der Waals surface area contributed by atoms with E-state index in [1.165, 1.54) is 0 Å². The first-order valence-electron chi connectivity index (χ1n) is 9.04. The summed E-state index contributed by atoms with van der Waals surface area (Å²) in [5.41, 5.74) is 8.75. The molecule has 0 aliphatic carbocycles. The summed E-state index contributed by atoms with van der Waals surface area (Å²) in [6.45, 7) is 1.81. The quantitative estimate of drug-likeness (QED) is 0.501. The van der Waals surface area contributed by atoms with E-state index in [1.807, 2.05) is 6.92 Å². The van der Waals surface area contributed by atoms with Crippen LogP contribution < -0.4 is 21.1 Å². The van der Waals surface area contributed by atoms with E-state index in [1.54, 1.807) is 74.1 Å². The van der Waals surface area contributed by atoms with Gasteiger partial charge in [-0.05, 0) is 61.0 Å². The van der Waals surface area contributed by atoms with Gasteiger partial charge in [0.1, 0.15) is 5.75 Å². The highest BCUT2D eigenvalue weighted by atomic mass is 35.5. The van der Waals surface area contributed by atoms with Crippen LogP contribution in [0.3, 0.4) is 0 Å². The highest BCUT2D eigenvalue weighted by molar-refractivity contribution is 6.07. The number of nitrogens with two attached hydrogens (primary N) is 1. The average molecular weight is 463 g/mol. The molecule has 3 rings (SSSR count). The van der Waals surface area contributed by atoms with Crippen LogP contribution in [-0.2, 0) is 0 Å². The Hall–Kier alpha value is -3.13. The van der Waals surface area contributed by atoms with Crippen molar-refractivity contribution in [1.29, 1.82) is 0 Å². The second-order valence-electron chi connectivity index (χ2n) is 6.46. The van der Waals surface area contributed by atoms with Crippen LogP contribution >= 0.6 is 24.8 Å². The summed E-state index contributed by atoms with van der Waals surface area (Å²) in [6.07, 6.45) is 3.19. The number of carbonyl (C=O) groups excluding carboxylic acids is 2. The largest absolute Gasteiger partial charge is 0.497 e. The number of rotatable bonds is 6. The zero-order valence-corrected chi connectivity index (χ0v) is 18.6. The normalized spacial score (nSPS) is 10.7. The van der Waals surface area contributed by atoms with Gasteiger partial charge in [-0.25, -0.2) is 0 Å². The summed E-state index contributed by atoms with van der Waals surface area (Å²) >= 11 is 0. The molecule has 0 radical (unpaired) electrons. The molecule has 0 fully saturated rings. The number of methoxy groups -OCH3 is 1. The van der Waals surface area contributed by atoms with Crippen molar-refractivity contribution in [2.75, 3.05) is 17.7 Å². The molecule has 1 atom stereocenters. The van der Waals surface area contributed by atoms with Gasteiger partial charge in [0.25, 0.3) is 11.8 Å². The van der Waals surface area contributed by atoms with Gasteiger partial charge in [-0.1, -0.05) is 6.07 Å². The zero-order valence-electron chi connectivity index (χ0n) is 17.0. The molecule has 0 aliphatic heterocycles. The molecule has 0 saturated carbocycles. The number of hydrogen-bond acceptors (Lipinski definition) is 5. The number of anilines is 2. The van der Waals surface area contributed by atoms with Crippen LogP contribution in [0.1, 0.15) is 39.2 Å². The van der Waals surface area contributed by atoms with Crippen LogP contribution in [0.25, 0.3) is 0 Å². The van der Waals surface area contributed by atoms with Crippen LogP contribution in [0.5, 0.6) is 5.75 Å². The SMILES string of the molecule is COc1ccc(C(=O)Nc2cc(C(=O)Nc3ccncc3)ccc2C(C)N)cc1.Cl.Cl. The summed E-state index contributed by atoms with van der Waals surface area (Å²) in [5.74, 6) is 0.0567. The Morgan fingerprint density at radius 2 is 1.48 bits per heavy atom. The minimum absolute atomic E-state index is 0. The first-order chi connectivity index (χ1) is 14.0. The number of nitrogens with zero attached hydrogens (tertiary/aromatic N) is 1. The number of ether oxygens (including phenoxy) is 1. The molecule has 1 aromatic heterocycles. The Kier molecular flexibility index (Phi) is 9.95. The van der Waals surface area contributed by atoms with Crippen molar-refractivity contribution in [2.45, 2.75) is 13.0 Å². The van der Waals surface area contributed by atoms with E-state index in [4.69, 9.17) is 10.5 Å². The molecule has 31 heavy (non-hydrogen) atoms. The highest BCUT2D eigenvalue weighted by Crippen LogP contribution is 2.24. The van der Waals surface area contributed by atoms with Crippen molar-refractivity contribution < 1.29 is 14.3 Å². The molecule has 164 valence electrons. The molecule has 7 nitrogen and oxygen atoms in total. The summed E-state index contributed by atoms with van der Waals surface area (Å²) in [6, 6.07) is 14.9. The molecule has 0 bridgehead atoms. The zero-order chi connectivity index (χ0) is 20.8. The first kappa shape index (κ1) is 25.9. The third-order valence-electron chi connectivity index (χ3n) is 4.34. The smallest absolute Gasteiger partial charge is 0.255 e. The van der Waals surface area contributed by atoms with Crippen LogP contribution in [0.2, 0.25) is 0 Å². The van der Waals surface area contributed by atoms with E-state index in [0.29, 0.717) is 28.3 Å². The maximum Gasteiger partial charge on any atom is 0.255 e. The molecule has 9 heteroatoms. The van der Waals surface area contributed by atoms with Crippen LogP contribution in [0, 0.1) is 0 Å². The monoisotopic (exact) mass is 462 g/mol. The van der Waals surface area contributed by atoms with E-state index >= 15 is 0 Å². The van der Waals surface area contributed by atoms with Gasteiger partial charge in [-0.2, -0.15) is 0 Å². The van der Waals surface area contributed by atoms with Crippen molar-refractivity contribution in [1.82, 2.24) is 4.98 Å². The number of amides is 2. The summed E-state index contributed by atoms with van der Waals surface area (Å²) in [5, 5.41) is 5.65. The summed E-state index contributed by atoms with van der Waals surface area (Å²) in [7, 11) is 1.56. The fraction of sp³-hybridized carbons (Fsp3) is 0.136. The Balaban J connectivity index is 0.00000240.